The number of aliphatic imine (C=N–C) groups is 1. The SMILES string of the molecule is O=C(O)C1=C2C(=NC1=O)c1cccc3c(C4CNCCS4)ccc2c13. The first-order valence-corrected chi connectivity index (χ1v) is 9.21. The van der Waals surface area contributed by atoms with E-state index in [0.29, 0.717) is 16.5 Å². The molecule has 0 radical (unpaired) electrons. The van der Waals surface area contributed by atoms with Gasteiger partial charge < -0.3 is 10.4 Å². The summed E-state index contributed by atoms with van der Waals surface area (Å²) in [5, 5.41) is 15.4. The normalized spacial score (nSPS) is 21.7. The third-order valence-electron chi connectivity index (χ3n) is 5.00. The van der Waals surface area contributed by atoms with Crippen LogP contribution in [-0.2, 0) is 9.59 Å². The molecule has 2 heterocycles. The molecule has 5 rings (SSSR count). The van der Waals surface area contributed by atoms with Crippen molar-refractivity contribution in [2.45, 2.75) is 5.25 Å². The van der Waals surface area contributed by atoms with Crippen molar-refractivity contribution in [2.75, 3.05) is 18.8 Å². The second-order valence-electron chi connectivity index (χ2n) is 6.31. The van der Waals surface area contributed by atoms with Gasteiger partial charge in [-0.15, -0.1) is 0 Å². The molecule has 2 aromatic rings. The molecule has 1 aliphatic carbocycles. The number of hydrogen-bond acceptors (Lipinski definition) is 4. The van der Waals surface area contributed by atoms with E-state index in [1.165, 1.54) is 5.56 Å². The summed E-state index contributed by atoms with van der Waals surface area (Å²) < 4.78 is 0. The summed E-state index contributed by atoms with van der Waals surface area (Å²) in [7, 11) is 0. The Bertz CT molecular complexity index is 1030. The molecule has 1 atom stereocenters. The number of nitrogens with one attached hydrogen (secondary N) is 1. The number of allylic oxidation sites excluding steroid dienone is 1. The lowest BCUT2D eigenvalue weighted by Gasteiger charge is -2.24. The Morgan fingerprint density at radius 1 is 1.24 bits per heavy atom. The van der Waals surface area contributed by atoms with Gasteiger partial charge in [0.1, 0.15) is 5.57 Å². The van der Waals surface area contributed by atoms with Crippen molar-refractivity contribution in [3.05, 3.63) is 52.6 Å². The molecule has 0 saturated carbocycles. The number of benzene rings is 2. The lowest BCUT2D eigenvalue weighted by molar-refractivity contribution is -0.134. The van der Waals surface area contributed by atoms with E-state index in [2.05, 4.69) is 22.4 Å². The zero-order valence-electron chi connectivity index (χ0n) is 13.2. The Kier molecular flexibility index (Phi) is 3.14. The van der Waals surface area contributed by atoms with Crippen molar-refractivity contribution in [3.8, 4) is 0 Å². The maximum atomic E-state index is 12.0. The van der Waals surface area contributed by atoms with Crippen molar-refractivity contribution >= 4 is 45.7 Å². The monoisotopic (exact) mass is 350 g/mol. The lowest BCUT2D eigenvalue weighted by Crippen LogP contribution is -2.28. The van der Waals surface area contributed by atoms with Gasteiger partial charge in [-0.2, -0.15) is 11.8 Å². The van der Waals surface area contributed by atoms with Crippen molar-refractivity contribution in [1.29, 1.82) is 0 Å². The molecule has 1 amide bonds. The summed E-state index contributed by atoms with van der Waals surface area (Å²) in [6.07, 6.45) is 0. The first-order valence-electron chi connectivity index (χ1n) is 8.16. The van der Waals surface area contributed by atoms with Gasteiger partial charge in [0.2, 0.25) is 0 Å². The van der Waals surface area contributed by atoms with Crippen LogP contribution in [0.15, 0.2) is 40.9 Å². The minimum Gasteiger partial charge on any atom is -0.477 e. The lowest BCUT2D eigenvalue weighted by atomic mass is 9.96. The molecule has 1 unspecified atom stereocenters. The number of fused-ring (bicyclic) bond motifs is 3. The van der Waals surface area contributed by atoms with Crippen LogP contribution in [0.5, 0.6) is 0 Å². The fourth-order valence-electron chi connectivity index (χ4n) is 3.98. The molecule has 0 aromatic heterocycles. The molecule has 2 aromatic carbocycles. The van der Waals surface area contributed by atoms with Crippen LogP contribution in [0.2, 0.25) is 0 Å². The Labute approximate surface area is 147 Å². The summed E-state index contributed by atoms with van der Waals surface area (Å²) in [5.41, 5.74) is 3.70. The number of thioether (sulfide) groups is 1. The molecule has 2 aliphatic heterocycles. The van der Waals surface area contributed by atoms with Gasteiger partial charge in [0.15, 0.2) is 0 Å². The third-order valence-corrected chi connectivity index (χ3v) is 6.26. The summed E-state index contributed by atoms with van der Waals surface area (Å²) >= 11 is 1.94. The quantitative estimate of drug-likeness (QED) is 0.813. The van der Waals surface area contributed by atoms with E-state index >= 15 is 0 Å². The highest BCUT2D eigenvalue weighted by molar-refractivity contribution is 7.99. The van der Waals surface area contributed by atoms with Crippen LogP contribution < -0.4 is 5.32 Å². The second-order valence-corrected chi connectivity index (χ2v) is 7.63. The number of carboxylic acid groups (broad SMARTS) is 1. The minimum atomic E-state index is -1.21. The highest BCUT2D eigenvalue weighted by Crippen LogP contribution is 2.46. The fraction of sp³-hybridized carbons (Fsp3) is 0.211. The van der Waals surface area contributed by atoms with Gasteiger partial charge in [-0.3, -0.25) is 4.79 Å². The molecule has 0 bridgehead atoms. The summed E-state index contributed by atoms with van der Waals surface area (Å²) in [4.78, 5) is 27.7. The molecule has 5 nitrogen and oxygen atoms in total. The molecule has 1 saturated heterocycles. The van der Waals surface area contributed by atoms with Crippen LogP contribution in [0.1, 0.15) is 21.9 Å². The van der Waals surface area contributed by atoms with E-state index in [1.54, 1.807) is 0 Å². The first kappa shape index (κ1) is 14.9. The predicted octanol–water partition coefficient (Wildman–Crippen LogP) is 2.40. The van der Waals surface area contributed by atoms with Crippen molar-refractivity contribution < 1.29 is 14.7 Å². The molecule has 2 N–H and O–H groups in total. The highest BCUT2D eigenvalue weighted by atomic mass is 32.2. The van der Waals surface area contributed by atoms with Gasteiger partial charge in [0.25, 0.3) is 5.91 Å². The van der Waals surface area contributed by atoms with Crippen LogP contribution in [-0.4, -0.2) is 41.5 Å². The maximum Gasteiger partial charge on any atom is 0.342 e. The molecule has 6 heteroatoms. The number of rotatable bonds is 2. The van der Waals surface area contributed by atoms with Crippen LogP contribution in [0.3, 0.4) is 0 Å². The Hall–Kier alpha value is -2.44. The highest BCUT2D eigenvalue weighted by Gasteiger charge is 2.39. The Balaban J connectivity index is 1.79. The summed E-state index contributed by atoms with van der Waals surface area (Å²) in [6, 6.07) is 9.99. The number of carbonyl (C=O) groups excluding carboxylic acids is 1. The minimum absolute atomic E-state index is 0.214. The van der Waals surface area contributed by atoms with Gasteiger partial charge in [-0.25, -0.2) is 9.79 Å². The number of aliphatic carboxylic acids is 1. The average molecular weight is 350 g/mol. The van der Waals surface area contributed by atoms with Gasteiger partial charge in [0.05, 0.1) is 5.71 Å². The number of hydrogen-bond donors (Lipinski definition) is 2. The van der Waals surface area contributed by atoms with Gasteiger partial charge >= 0.3 is 5.97 Å². The molecule has 1 fully saturated rings. The second kappa shape index (κ2) is 5.28. The van der Waals surface area contributed by atoms with E-state index in [1.807, 2.05) is 30.0 Å². The number of amides is 1. The zero-order valence-corrected chi connectivity index (χ0v) is 14.0. The van der Waals surface area contributed by atoms with Crippen molar-refractivity contribution in [2.24, 2.45) is 4.99 Å². The van der Waals surface area contributed by atoms with E-state index in [4.69, 9.17) is 0 Å². The van der Waals surface area contributed by atoms with Crippen molar-refractivity contribution in [3.63, 3.8) is 0 Å². The van der Waals surface area contributed by atoms with Crippen LogP contribution in [0.4, 0.5) is 0 Å². The van der Waals surface area contributed by atoms with Gasteiger partial charge in [-0.1, -0.05) is 30.3 Å². The largest absolute Gasteiger partial charge is 0.477 e. The zero-order chi connectivity index (χ0) is 17.1. The summed E-state index contributed by atoms with van der Waals surface area (Å²) in [5.74, 6) is -0.796. The standard InChI is InChI=1S/C19H14N2O3S/c22-18-16(19(23)24)15-11-5-4-9(13-8-20-6-7-25-13)10-2-1-3-12(14(10)11)17(15)21-18/h1-5,13,20H,6-8H2,(H,23,24). The maximum absolute atomic E-state index is 12.0. The number of nitrogens with zero attached hydrogens (tertiary/aromatic N) is 1. The topological polar surface area (TPSA) is 78.8 Å². The van der Waals surface area contributed by atoms with E-state index in [0.717, 1.165) is 40.7 Å². The number of carbonyl (C=O) groups is 2. The van der Waals surface area contributed by atoms with Crippen molar-refractivity contribution in [1.82, 2.24) is 5.32 Å². The van der Waals surface area contributed by atoms with E-state index < -0.39 is 11.9 Å². The molecule has 0 spiro atoms. The molecule has 25 heavy (non-hydrogen) atoms. The predicted molar refractivity (Wildman–Crippen MR) is 98.1 cm³/mol. The first-order chi connectivity index (χ1) is 12.2. The van der Waals surface area contributed by atoms with Crippen LogP contribution in [0.25, 0.3) is 16.3 Å². The number of carboxylic acids is 1. The molecular formula is C19H14N2O3S. The third kappa shape index (κ3) is 1.98. The molecule has 124 valence electrons. The van der Waals surface area contributed by atoms with Crippen LogP contribution >= 0.6 is 11.8 Å². The Morgan fingerprint density at radius 3 is 2.88 bits per heavy atom. The van der Waals surface area contributed by atoms with Gasteiger partial charge in [0, 0.05) is 35.2 Å². The molecule has 3 aliphatic rings. The smallest absolute Gasteiger partial charge is 0.342 e. The fourth-order valence-corrected chi connectivity index (χ4v) is 5.14. The van der Waals surface area contributed by atoms with Crippen LogP contribution in [0, 0.1) is 0 Å². The Morgan fingerprint density at radius 2 is 2.12 bits per heavy atom. The van der Waals surface area contributed by atoms with E-state index in [-0.39, 0.29) is 5.57 Å². The van der Waals surface area contributed by atoms with E-state index in [9.17, 15) is 14.7 Å². The summed E-state index contributed by atoms with van der Waals surface area (Å²) in [6.45, 7) is 1.95. The average Bonchev–Trinajstić information content (AvgIpc) is 3.12. The van der Waals surface area contributed by atoms with Gasteiger partial charge in [-0.05, 0) is 21.9 Å². The molecular weight excluding hydrogens is 336 g/mol.